The predicted molar refractivity (Wildman–Crippen MR) is 88.1 cm³/mol. The highest BCUT2D eigenvalue weighted by Crippen LogP contribution is 2.64. The van der Waals surface area contributed by atoms with E-state index in [-0.39, 0.29) is 17.4 Å². The molecular weight excluding hydrogens is 325 g/mol. The second-order valence-corrected chi connectivity index (χ2v) is 9.06. The smallest absolute Gasteiger partial charge is 0.234 e. The average Bonchev–Trinajstić information content (AvgIpc) is 2.87. The molecule has 7 heteroatoms. The molecule has 2 fully saturated rings. The summed E-state index contributed by atoms with van der Waals surface area (Å²) < 4.78 is -0.923. The van der Waals surface area contributed by atoms with Gasteiger partial charge in [0, 0.05) is 31.7 Å². The topological polar surface area (TPSA) is 52.7 Å². The fourth-order valence-corrected chi connectivity index (χ4v) is 3.45. The van der Waals surface area contributed by atoms with E-state index in [0.717, 1.165) is 0 Å². The van der Waals surface area contributed by atoms with E-state index in [2.05, 4.69) is 10.2 Å². The summed E-state index contributed by atoms with van der Waals surface area (Å²) in [7, 11) is 0. The number of carbonyl (C=O) groups is 2. The van der Waals surface area contributed by atoms with Gasteiger partial charge in [0.05, 0.1) is 12.0 Å². The maximum Gasteiger partial charge on any atom is 0.234 e. The molecule has 1 atom stereocenters. The molecule has 5 nitrogen and oxygen atoms in total. The molecule has 1 saturated carbocycles. The van der Waals surface area contributed by atoms with Crippen molar-refractivity contribution in [2.45, 2.75) is 44.0 Å². The molecule has 1 aliphatic carbocycles. The van der Waals surface area contributed by atoms with E-state index in [1.165, 1.54) is 0 Å². The van der Waals surface area contributed by atoms with E-state index in [4.69, 9.17) is 23.2 Å². The zero-order valence-corrected chi connectivity index (χ0v) is 15.2. The van der Waals surface area contributed by atoms with Crippen molar-refractivity contribution in [3.63, 3.8) is 0 Å². The number of amides is 2. The summed E-state index contributed by atoms with van der Waals surface area (Å²) in [5.41, 5.74) is -0.874. The highest BCUT2D eigenvalue weighted by molar-refractivity contribution is 6.53. The molecule has 0 unspecified atom stereocenters. The van der Waals surface area contributed by atoms with E-state index in [1.54, 1.807) is 0 Å². The van der Waals surface area contributed by atoms with Gasteiger partial charge in [0.1, 0.15) is 4.33 Å². The first-order valence-electron chi connectivity index (χ1n) is 7.65. The lowest BCUT2D eigenvalue weighted by molar-refractivity contribution is -0.138. The number of nitrogens with zero attached hydrogens (tertiary/aromatic N) is 2. The summed E-state index contributed by atoms with van der Waals surface area (Å²) in [6.07, 6.45) is 0.510. The van der Waals surface area contributed by atoms with Crippen LogP contribution in [0.1, 0.15) is 34.1 Å². The molecule has 0 aromatic heterocycles. The van der Waals surface area contributed by atoms with Crippen LogP contribution in [-0.4, -0.2) is 64.2 Å². The Bertz CT molecular complexity index is 468. The van der Waals surface area contributed by atoms with Crippen molar-refractivity contribution in [3.05, 3.63) is 0 Å². The van der Waals surface area contributed by atoms with E-state index in [9.17, 15) is 9.59 Å². The van der Waals surface area contributed by atoms with Crippen molar-refractivity contribution < 1.29 is 9.59 Å². The Morgan fingerprint density at radius 2 is 1.64 bits per heavy atom. The number of hydrogen-bond acceptors (Lipinski definition) is 3. The largest absolute Gasteiger partial charge is 0.350 e. The Hall–Kier alpha value is -0.520. The third-order valence-corrected chi connectivity index (χ3v) is 5.37. The summed E-state index contributed by atoms with van der Waals surface area (Å²) in [4.78, 5) is 28.3. The lowest BCUT2D eigenvalue weighted by Gasteiger charge is -2.36. The van der Waals surface area contributed by atoms with E-state index in [0.29, 0.717) is 39.1 Å². The zero-order valence-electron chi connectivity index (χ0n) is 13.7. The third kappa shape index (κ3) is 3.87. The van der Waals surface area contributed by atoms with Crippen molar-refractivity contribution in [1.82, 2.24) is 15.1 Å². The minimum atomic E-state index is -0.923. The molecule has 126 valence electrons. The van der Waals surface area contributed by atoms with E-state index >= 15 is 0 Å². The van der Waals surface area contributed by atoms with Crippen LogP contribution in [0.15, 0.2) is 0 Å². The zero-order chi connectivity index (χ0) is 16.8. The molecular formula is C15H25Cl2N3O2. The summed E-state index contributed by atoms with van der Waals surface area (Å²) >= 11 is 12.2. The molecule has 0 radical (unpaired) electrons. The monoisotopic (exact) mass is 349 g/mol. The standard InChI is InChI=1S/C15H25Cl2N3O2/c1-13(2,3)18-11(21)9-19-5-7-20(8-6-19)12(22)14(4)10-15(14,16)17/h5-10H2,1-4H3,(H,18,21)/t14-/m1/s1. The quantitative estimate of drug-likeness (QED) is 0.788. The molecule has 0 aromatic carbocycles. The summed E-state index contributed by atoms with van der Waals surface area (Å²) in [6.45, 7) is 10.7. The van der Waals surface area contributed by atoms with Crippen LogP contribution in [0, 0.1) is 5.41 Å². The Kier molecular flexibility index (Phi) is 4.73. The fourth-order valence-electron chi connectivity index (χ4n) is 2.75. The summed E-state index contributed by atoms with van der Waals surface area (Å²) in [6, 6.07) is 0. The van der Waals surface area contributed by atoms with Gasteiger partial charge in [0.25, 0.3) is 0 Å². The molecule has 2 rings (SSSR count). The van der Waals surface area contributed by atoms with Gasteiger partial charge in [-0.2, -0.15) is 0 Å². The van der Waals surface area contributed by atoms with E-state index in [1.807, 2.05) is 32.6 Å². The number of hydrogen-bond donors (Lipinski definition) is 1. The van der Waals surface area contributed by atoms with Crippen LogP contribution in [0.3, 0.4) is 0 Å². The Morgan fingerprint density at radius 3 is 2.05 bits per heavy atom. The minimum Gasteiger partial charge on any atom is -0.350 e. The van der Waals surface area contributed by atoms with Crippen molar-refractivity contribution in [3.8, 4) is 0 Å². The first-order chi connectivity index (χ1) is 9.95. The van der Waals surface area contributed by atoms with Gasteiger partial charge in [0.2, 0.25) is 11.8 Å². The van der Waals surface area contributed by atoms with Crippen molar-refractivity contribution in [2.75, 3.05) is 32.7 Å². The van der Waals surface area contributed by atoms with Crippen LogP contribution in [0.5, 0.6) is 0 Å². The lowest BCUT2D eigenvalue weighted by atomic mass is 10.1. The maximum atomic E-state index is 12.5. The van der Waals surface area contributed by atoms with Gasteiger partial charge >= 0.3 is 0 Å². The molecule has 0 aromatic rings. The number of alkyl halides is 2. The first-order valence-corrected chi connectivity index (χ1v) is 8.41. The van der Waals surface area contributed by atoms with Crippen LogP contribution in [0.2, 0.25) is 0 Å². The van der Waals surface area contributed by atoms with Crippen LogP contribution < -0.4 is 5.32 Å². The van der Waals surface area contributed by atoms with Gasteiger partial charge in [-0.15, -0.1) is 23.2 Å². The lowest BCUT2D eigenvalue weighted by Crippen LogP contribution is -2.54. The number of nitrogens with one attached hydrogen (secondary N) is 1. The van der Waals surface area contributed by atoms with Crippen LogP contribution in [0.25, 0.3) is 0 Å². The highest BCUT2D eigenvalue weighted by Gasteiger charge is 2.68. The minimum absolute atomic E-state index is 0.0157. The van der Waals surface area contributed by atoms with Crippen LogP contribution >= 0.6 is 23.2 Å². The SMILES string of the molecule is CC(C)(C)NC(=O)CN1CCN(C(=O)[C@@]2(C)CC2(Cl)Cl)CC1. The van der Waals surface area contributed by atoms with Gasteiger partial charge in [-0.3, -0.25) is 14.5 Å². The maximum absolute atomic E-state index is 12.5. The molecule has 0 spiro atoms. The molecule has 22 heavy (non-hydrogen) atoms. The number of carbonyl (C=O) groups excluding carboxylic acids is 2. The Balaban J connectivity index is 1.79. The van der Waals surface area contributed by atoms with Gasteiger partial charge in [-0.05, 0) is 34.1 Å². The van der Waals surface area contributed by atoms with Gasteiger partial charge in [0.15, 0.2) is 0 Å². The van der Waals surface area contributed by atoms with E-state index < -0.39 is 9.75 Å². The Morgan fingerprint density at radius 1 is 1.14 bits per heavy atom. The normalized spacial score (nSPS) is 28.4. The number of piperazine rings is 1. The van der Waals surface area contributed by atoms with Crippen molar-refractivity contribution in [2.24, 2.45) is 5.41 Å². The van der Waals surface area contributed by atoms with Gasteiger partial charge in [-0.25, -0.2) is 0 Å². The van der Waals surface area contributed by atoms with Gasteiger partial charge in [-0.1, -0.05) is 0 Å². The average molecular weight is 350 g/mol. The fraction of sp³-hybridized carbons (Fsp3) is 0.867. The summed E-state index contributed by atoms with van der Waals surface area (Å²) in [5.74, 6) is 0.0401. The number of halogens is 2. The van der Waals surface area contributed by atoms with Crippen LogP contribution in [0.4, 0.5) is 0 Å². The molecule has 1 aliphatic heterocycles. The molecule has 1 saturated heterocycles. The predicted octanol–water partition coefficient (Wildman–Crippen LogP) is 1.63. The molecule has 2 amide bonds. The second kappa shape index (κ2) is 5.84. The summed E-state index contributed by atoms with van der Waals surface area (Å²) in [5, 5.41) is 2.95. The van der Waals surface area contributed by atoms with Crippen LogP contribution in [-0.2, 0) is 9.59 Å². The molecule has 1 heterocycles. The second-order valence-electron chi connectivity index (χ2n) is 7.58. The van der Waals surface area contributed by atoms with Crippen molar-refractivity contribution >= 4 is 35.0 Å². The third-order valence-electron chi connectivity index (χ3n) is 4.27. The number of rotatable bonds is 3. The molecule has 0 bridgehead atoms. The molecule has 2 aliphatic rings. The van der Waals surface area contributed by atoms with Crippen molar-refractivity contribution in [1.29, 1.82) is 0 Å². The molecule has 1 N–H and O–H groups in total. The first kappa shape index (κ1) is 17.8. The van der Waals surface area contributed by atoms with Gasteiger partial charge < -0.3 is 10.2 Å². The Labute approximate surface area is 142 Å². The highest BCUT2D eigenvalue weighted by atomic mass is 35.5.